The van der Waals surface area contributed by atoms with Gasteiger partial charge in [0.15, 0.2) is 5.69 Å². The Morgan fingerprint density at radius 3 is 2.47 bits per heavy atom. The van der Waals surface area contributed by atoms with Gasteiger partial charge in [-0.3, -0.25) is 9.36 Å². The van der Waals surface area contributed by atoms with E-state index in [1.807, 2.05) is 25.1 Å². The Kier molecular flexibility index (Phi) is 6.17. The zero-order valence-electron chi connectivity index (χ0n) is 17.0. The topological polar surface area (TPSA) is 107 Å². The molecule has 30 heavy (non-hydrogen) atoms. The first-order chi connectivity index (χ1) is 14.3. The summed E-state index contributed by atoms with van der Waals surface area (Å²) in [5.74, 6) is -1.55. The van der Waals surface area contributed by atoms with E-state index in [0.717, 1.165) is 18.2 Å². The number of carbonyl (C=O) groups excluding carboxylic acids is 1. The van der Waals surface area contributed by atoms with Gasteiger partial charge in [-0.1, -0.05) is 36.7 Å². The molecule has 3 aromatic rings. The van der Waals surface area contributed by atoms with Gasteiger partial charge in [-0.25, -0.2) is 19.7 Å². The third kappa shape index (κ3) is 3.91. The van der Waals surface area contributed by atoms with Crippen LogP contribution in [-0.2, 0) is 11.8 Å². The Hall–Kier alpha value is -3.26. The second-order valence-corrected chi connectivity index (χ2v) is 7.28. The molecule has 2 aromatic heterocycles. The van der Waals surface area contributed by atoms with E-state index >= 15 is 0 Å². The molecule has 0 aliphatic carbocycles. The number of halogens is 1. The molecule has 9 heteroatoms. The summed E-state index contributed by atoms with van der Waals surface area (Å²) in [6.45, 7) is 3.64. The molecule has 2 heterocycles. The summed E-state index contributed by atoms with van der Waals surface area (Å²) in [5, 5.41) is 10.6. The molecule has 1 aromatic carbocycles. The van der Waals surface area contributed by atoms with Crippen molar-refractivity contribution in [2.24, 2.45) is 7.05 Å². The van der Waals surface area contributed by atoms with Crippen LogP contribution >= 0.6 is 11.6 Å². The van der Waals surface area contributed by atoms with Crippen molar-refractivity contribution in [1.82, 2.24) is 19.5 Å². The van der Waals surface area contributed by atoms with E-state index in [0.29, 0.717) is 10.8 Å². The molecule has 0 fully saturated rings. The molecule has 0 aliphatic rings. The molecule has 0 saturated carbocycles. The zero-order chi connectivity index (χ0) is 22.0. The number of rotatable bonds is 5. The highest BCUT2D eigenvalue weighted by Crippen LogP contribution is 2.40. The molecular formula is C21H21ClN4O4. The van der Waals surface area contributed by atoms with E-state index in [1.165, 1.54) is 11.6 Å². The van der Waals surface area contributed by atoms with Crippen LogP contribution in [0.2, 0.25) is 5.02 Å². The van der Waals surface area contributed by atoms with Crippen molar-refractivity contribution >= 4 is 17.6 Å². The Morgan fingerprint density at radius 1 is 1.23 bits per heavy atom. The number of ether oxygens (including phenoxy) is 1. The number of aryl methyl sites for hydroxylation is 1. The van der Waals surface area contributed by atoms with Crippen molar-refractivity contribution in [3.63, 3.8) is 0 Å². The van der Waals surface area contributed by atoms with Crippen LogP contribution in [0.5, 0.6) is 5.75 Å². The summed E-state index contributed by atoms with van der Waals surface area (Å²) in [6, 6.07) is 7.33. The fourth-order valence-electron chi connectivity index (χ4n) is 3.43. The lowest BCUT2D eigenvalue weighted by molar-refractivity contribution is 0.0588. The van der Waals surface area contributed by atoms with Gasteiger partial charge < -0.3 is 9.84 Å². The van der Waals surface area contributed by atoms with Crippen LogP contribution in [0.4, 0.5) is 0 Å². The zero-order valence-corrected chi connectivity index (χ0v) is 17.7. The van der Waals surface area contributed by atoms with Crippen LogP contribution in [0, 0.1) is 6.92 Å². The number of esters is 1. The number of hydrogen-bond acceptors (Lipinski definition) is 7. The summed E-state index contributed by atoms with van der Waals surface area (Å²) < 4.78 is 5.87. The average molecular weight is 429 g/mol. The van der Waals surface area contributed by atoms with Crippen LogP contribution in [0.1, 0.15) is 52.0 Å². The standard InChI is InChI=1S/C21H21ClN4O4/c1-11(19-25-17(21(29)30-4)18(27)20(28)26(19)3)16(13-9-23-12(2)24-10-13)14-7-5-6-8-15(14)22/h5-11,16,27H,1-4H3. The van der Waals surface area contributed by atoms with Gasteiger partial charge in [-0.05, 0) is 24.1 Å². The van der Waals surface area contributed by atoms with E-state index in [4.69, 9.17) is 11.6 Å². The number of nitrogens with zero attached hydrogens (tertiary/aromatic N) is 4. The molecule has 2 unspecified atom stereocenters. The lowest BCUT2D eigenvalue weighted by Crippen LogP contribution is -2.28. The van der Waals surface area contributed by atoms with E-state index in [9.17, 15) is 14.7 Å². The van der Waals surface area contributed by atoms with Gasteiger partial charge in [-0.15, -0.1) is 0 Å². The summed E-state index contributed by atoms with van der Waals surface area (Å²) in [5.41, 5.74) is 0.384. The van der Waals surface area contributed by atoms with Gasteiger partial charge in [0.1, 0.15) is 11.6 Å². The van der Waals surface area contributed by atoms with E-state index in [1.54, 1.807) is 25.4 Å². The molecule has 0 spiro atoms. The fourth-order valence-corrected chi connectivity index (χ4v) is 3.68. The van der Waals surface area contributed by atoms with Gasteiger partial charge in [0.05, 0.1) is 7.11 Å². The molecule has 156 valence electrons. The number of aromatic nitrogens is 4. The summed E-state index contributed by atoms with van der Waals surface area (Å²) in [6.07, 6.45) is 3.40. The van der Waals surface area contributed by atoms with Gasteiger partial charge in [-0.2, -0.15) is 0 Å². The summed E-state index contributed by atoms with van der Waals surface area (Å²) >= 11 is 6.49. The largest absolute Gasteiger partial charge is 0.501 e. The fraction of sp³-hybridized carbons (Fsp3) is 0.286. The summed E-state index contributed by atoms with van der Waals surface area (Å²) in [7, 11) is 2.64. The normalized spacial score (nSPS) is 13.0. The van der Waals surface area contributed by atoms with E-state index in [-0.39, 0.29) is 11.7 Å². The second kappa shape index (κ2) is 8.62. The molecule has 0 saturated heterocycles. The molecular weight excluding hydrogens is 408 g/mol. The van der Waals surface area contributed by atoms with Crippen LogP contribution in [0.15, 0.2) is 41.5 Å². The van der Waals surface area contributed by atoms with Crippen molar-refractivity contribution in [2.75, 3.05) is 7.11 Å². The molecule has 2 atom stereocenters. The molecule has 0 radical (unpaired) electrons. The van der Waals surface area contributed by atoms with Gasteiger partial charge >= 0.3 is 5.97 Å². The lowest BCUT2D eigenvalue weighted by atomic mass is 9.82. The van der Waals surface area contributed by atoms with Crippen molar-refractivity contribution in [1.29, 1.82) is 0 Å². The molecule has 3 rings (SSSR count). The van der Waals surface area contributed by atoms with Crippen molar-refractivity contribution < 1.29 is 14.6 Å². The first kappa shape index (κ1) is 21.4. The molecule has 0 bridgehead atoms. The quantitative estimate of drug-likeness (QED) is 0.622. The summed E-state index contributed by atoms with van der Waals surface area (Å²) in [4.78, 5) is 37.4. The van der Waals surface area contributed by atoms with Crippen LogP contribution in [0.25, 0.3) is 0 Å². The van der Waals surface area contributed by atoms with Crippen LogP contribution < -0.4 is 5.56 Å². The molecule has 0 aliphatic heterocycles. The smallest absolute Gasteiger partial charge is 0.360 e. The maximum Gasteiger partial charge on any atom is 0.360 e. The number of carbonyl (C=O) groups is 1. The average Bonchev–Trinajstić information content (AvgIpc) is 2.74. The Balaban J connectivity index is 2.24. The predicted octanol–water partition coefficient (Wildman–Crippen LogP) is 2.96. The van der Waals surface area contributed by atoms with Crippen LogP contribution in [0.3, 0.4) is 0 Å². The van der Waals surface area contributed by atoms with Crippen LogP contribution in [-0.4, -0.2) is 37.7 Å². The minimum Gasteiger partial charge on any atom is -0.501 e. The van der Waals surface area contributed by atoms with Gasteiger partial charge in [0.2, 0.25) is 5.75 Å². The Labute approximate surface area is 178 Å². The third-order valence-corrected chi connectivity index (χ3v) is 5.33. The highest BCUT2D eigenvalue weighted by Gasteiger charge is 2.30. The molecule has 8 nitrogen and oxygen atoms in total. The van der Waals surface area contributed by atoms with Gasteiger partial charge in [0.25, 0.3) is 5.56 Å². The minimum absolute atomic E-state index is 0.281. The SMILES string of the molecule is COC(=O)c1nc(C(C)C(c2cnc(C)nc2)c2ccccc2Cl)n(C)c(=O)c1O. The maximum atomic E-state index is 12.6. The number of aromatic hydroxyl groups is 1. The van der Waals surface area contributed by atoms with E-state index in [2.05, 4.69) is 19.7 Å². The first-order valence-electron chi connectivity index (χ1n) is 9.17. The number of hydrogen-bond donors (Lipinski definition) is 1. The molecule has 0 amide bonds. The number of methoxy groups -OCH3 is 1. The van der Waals surface area contributed by atoms with Gasteiger partial charge in [0, 0.05) is 36.3 Å². The third-order valence-electron chi connectivity index (χ3n) is 4.99. The minimum atomic E-state index is -0.897. The first-order valence-corrected chi connectivity index (χ1v) is 9.55. The Morgan fingerprint density at radius 2 is 1.87 bits per heavy atom. The van der Waals surface area contributed by atoms with Crippen molar-refractivity contribution in [3.05, 3.63) is 80.5 Å². The Bertz CT molecular complexity index is 1140. The van der Waals surface area contributed by atoms with Crippen molar-refractivity contribution in [2.45, 2.75) is 25.7 Å². The van der Waals surface area contributed by atoms with Crippen molar-refractivity contribution in [3.8, 4) is 5.75 Å². The number of benzene rings is 1. The molecule has 1 N–H and O–H groups in total. The van der Waals surface area contributed by atoms with E-state index < -0.39 is 28.9 Å². The lowest BCUT2D eigenvalue weighted by Gasteiger charge is -2.26. The second-order valence-electron chi connectivity index (χ2n) is 6.87. The highest BCUT2D eigenvalue weighted by atomic mass is 35.5. The monoisotopic (exact) mass is 428 g/mol. The maximum absolute atomic E-state index is 12.6. The predicted molar refractivity (Wildman–Crippen MR) is 111 cm³/mol. The highest BCUT2D eigenvalue weighted by molar-refractivity contribution is 6.31.